The van der Waals surface area contributed by atoms with Crippen molar-refractivity contribution < 1.29 is 9.21 Å². The molecule has 4 rings (SSSR count). The van der Waals surface area contributed by atoms with E-state index in [-0.39, 0.29) is 6.03 Å². The maximum absolute atomic E-state index is 12.1. The number of carbonyl (C=O) groups excluding carboxylic acids is 1. The lowest BCUT2D eigenvalue weighted by Crippen LogP contribution is -2.28. The molecule has 128 valence electrons. The number of amides is 2. The summed E-state index contributed by atoms with van der Waals surface area (Å²) >= 11 is 0. The molecule has 1 aromatic heterocycles. The number of hydrogen-bond donors (Lipinski definition) is 2. The first-order chi connectivity index (χ1) is 12.8. The first-order valence-corrected chi connectivity index (χ1v) is 8.33. The van der Waals surface area contributed by atoms with Gasteiger partial charge in [-0.3, -0.25) is 0 Å². The third kappa shape index (κ3) is 3.57. The monoisotopic (exact) mass is 343 g/mol. The number of rotatable bonds is 4. The fraction of sp³-hybridized carbons (Fsp3) is 0.0476. The van der Waals surface area contributed by atoms with E-state index in [1.54, 1.807) is 0 Å². The summed E-state index contributed by atoms with van der Waals surface area (Å²) in [6.45, 7) is 0.470. The normalized spacial score (nSPS) is 10.6. The summed E-state index contributed by atoms with van der Waals surface area (Å²) in [4.78, 5) is 16.6. The highest BCUT2D eigenvalue weighted by atomic mass is 16.3. The maximum atomic E-state index is 12.1. The Balaban J connectivity index is 1.46. The van der Waals surface area contributed by atoms with Gasteiger partial charge in [0.05, 0.1) is 0 Å². The third-order valence-corrected chi connectivity index (χ3v) is 3.96. The molecule has 5 heteroatoms. The number of aromatic nitrogens is 1. The van der Waals surface area contributed by atoms with Crippen LogP contribution in [0.5, 0.6) is 0 Å². The molecule has 0 aliphatic heterocycles. The first kappa shape index (κ1) is 15.9. The van der Waals surface area contributed by atoms with Crippen LogP contribution in [-0.4, -0.2) is 11.0 Å². The molecule has 0 saturated heterocycles. The van der Waals surface area contributed by atoms with E-state index in [0.717, 1.165) is 22.2 Å². The zero-order valence-corrected chi connectivity index (χ0v) is 14.0. The van der Waals surface area contributed by atoms with Gasteiger partial charge in [0.1, 0.15) is 5.52 Å². The van der Waals surface area contributed by atoms with Crippen LogP contribution < -0.4 is 10.6 Å². The van der Waals surface area contributed by atoms with Crippen LogP contribution in [0.4, 0.5) is 10.5 Å². The fourth-order valence-electron chi connectivity index (χ4n) is 2.68. The van der Waals surface area contributed by atoms with Crippen molar-refractivity contribution >= 4 is 22.8 Å². The lowest BCUT2D eigenvalue weighted by atomic mass is 10.2. The molecule has 1 heterocycles. The van der Waals surface area contributed by atoms with Gasteiger partial charge in [-0.05, 0) is 35.9 Å². The number of para-hydroxylation sites is 2. The van der Waals surface area contributed by atoms with Crippen LogP contribution >= 0.6 is 0 Å². The Labute approximate surface area is 150 Å². The highest BCUT2D eigenvalue weighted by molar-refractivity contribution is 5.90. The Kier molecular flexibility index (Phi) is 4.35. The van der Waals surface area contributed by atoms with E-state index in [2.05, 4.69) is 15.6 Å². The molecule has 4 aromatic rings. The Morgan fingerprint density at radius 1 is 0.923 bits per heavy atom. The van der Waals surface area contributed by atoms with Gasteiger partial charge in [-0.15, -0.1) is 0 Å². The lowest BCUT2D eigenvalue weighted by molar-refractivity contribution is 0.251. The van der Waals surface area contributed by atoms with Crippen molar-refractivity contribution in [1.29, 1.82) is 0 Å². The van der Waals surface area contributed by atoms with E-state index in [1.165, 1.54) is 0 Å². The van der Waals surface area contributed by atoms with E-state index >= 15 is 0 Å². The Hall–Kier alpha value is -3.60. The summed E-state index contributed by atoms with van der Waals surface area (Å²) in [5, 5.41) is 5.68. The molecule has 0 radical (unpaired) electrons. The Morgan fingerprint density at radius 2 is 1.73 bits per heavy atom. The van der Waals surface area contributed by atoms with Crippen molar-refractivity contribution in [3.63, 3.8) is 0 Å². The SMILES string of the molecule is O=C(NCc1ccccc1)Nc1cccc(-c2nc3ccccc3o2)c1. The van der Waals surface area contributed by atoms with E-state index < -0.39 is 0 Å². The standard InChI is InChI=1S/C21H17N3O2/c25-21(22-14-15-7-2-1-3-8-15)23-17-10-6-9-16(13-17)20-24-18-11-4-5-12-19(18)26-20/h1-13H,14H2,(H2,22,23,25). The van der Waals surface area contributed by atoms with Crippen LogP contribution in [0.25, 0.3) is 22.6 Å². The molecular formula is C21H17N3O2. The van der Waals surface area contributed by atoms with Crippen molar-refractivity contribution in [2.24, 2.45) is 0 Å². The number of hydrogen-bond acceptors (Lipinski definition) is 3. The molecule has 0 saturated carbocycles. The highest BCUT2D eigenvalue weighted by Gasteiger charge is 2.09. The van der Waals surface area contributed by atoms with E-state index in [0.29, 0.717) is 18.1 Å². The van der Waals surface area contributed by atoms with Gasteiger partial charge in [-0.2, -0.15) is 0 Å². The molecule has 2 amide bonds. The van der Waals surface area contributed by atoms with Crippen LogP contribution in [0, 0.1) is 0 Å². The maximum Gasteiger partial charge on any atom is 0.319 e. The van der Waals surface area contributed by atoms with Crippen molar-refractivity contribution in [3.05, 3.63) is 84.4 Å². The average molecular weight is 343 g/mol. The van der Waals surface area contributed by atoms with Crippen molar-refractivity contribution in [1.82, 2.24) is 10.3 Å². The first-order valence-electron chi connectivity index (χ1n) is 8.33. The quantitative estimate of drug-likeness (QED) is 0.558. The molecule has 0 atom stereocenters. The van der Waals surface area contributed by atoms with Gasteiger partial charge in [0.15, 0.2) is 5.58 Å². The summed E-state index contributed by atoms with van der Waals surface area (Å²) in [5.74, 6) is 0.527. The predicted octanol–water partition coefficient (Wildman–Crippen LogP) is 4.82. The minimum Gasteiger partial charge on any atom is -0.436 e. The molecule has 26 heavy (non-hydrogen) atoms. The Bertz CT molecular complexity index is 1010. The number of urea groups is 1. The second kappa shape index (κ2) is 7.11. The molecule has 0 bridgehead atoms. The third-order valence-electron chi connectivity index (χ3n) is 3.96. The van der Waals surface area contributed by atoms with Crippen molar-refractivity contribution in [2.75, 3.05) is 5.32 Å². The summed E-state index contributed by atoms with van der Waals surface area (Å²) in [6.07, 6.45) is 0. The second-order valence-electron chi connectivity index (χ2n) is 5.86. The van der Waals surface area contributed by atoms with Gasteiger partial charge in [0.2, 0.25) is 5.89 Å². The van der Waals surface area contributed by atoms with Gasteiger partial charge in [-0.25, -0.2) is 9.78 Å². The summed E-state index contributed by atoms with van der Waals surface area (Å²) in [6, 6.07) is 24.5. The average Bonchev–Trinajstić information content (AvgIpc) is 3.12. The largest absolute Gasteiger partial charge is 0.436 e. The minimum atomic E-state index is -0.261. The molecule has 5 nitrogen and oxygen atoms in total. The van der Waals surface area contributed by atoms with Crippen LogP contribution in [0.3, 0.4) is 0 Å². The number of anilines is 1. The molecule has 0 unspecified atom stereocenters. The number of carbonyl (C=O) groups is 1. The summed E-state index contributed by atoms with van der Waals surface area (Å²) < 4.78 is 5.78. The number of nitrogens with zero attached hydrogens (tertiary/aromatic N) is 1. The zero-order chi connectivity index (χ0) is 17.8. The summed E-state index contributed by atoms with van der Waals surface area (Å²) in [5.41, 5.74) is 4.07. The lowest BCUT2D eigenvalue weighted by Gasteiger charge is -2.08. The second-order valence-corrected chi connectivity index (χ2v) is 5.86. The van der Waals surface area contributed by atoms with Crippen LogP contribution in [0.1, 0.15) is 5.56 Å². The molecule has 0 spiro atoms. The number of benzene rings is 3. The van der Waals surface area contributed by atoms with Gasteiger partial charge < -0.3 is 15.1 Å². The fourth-order valence-corrected chi connectivity index (χ4v) is 2.68. The van der Waals surface area contributed by atoms with Crippen molar-refractivity contribution in [2.45, 2.75) is 6.54 Å². The van der Waals surface area contributed by atoms with E-state index in [9.17, 15) is 4.79 Å². The smallest absolute Gasteiger partial charge is 0.319 e. The zero-order valence-electron chi connectivity index (χ0n) is 14.0. The minimum absolute atomic E-state index is 0.261. The topological polar surface area (TPSA) is 67.2 Å². The molecule has 0 fully saturated rings. The van der Waals surface area contributed by atoms with Crippen LogP contribution in [0.15, 0.2) is 83.3 Å². The van der Waals surface area contributed by atoms with Gasteiger partial charge in [0.25, 0.3) is 0 Å². The summed E-state index contributed by atoms with van der Waals surface area (Å²) in [7, 11) is 0. The molecule has 0 aliphatic rings. The highest BCUT2D eigenvalue weighted by Crippen LogP contribution is 2.25. The number of nitrogens with one attached hydrogen (secondary N) is 2. The molecule has 3 aromatic carbocycles. The van der Waals surface area contributed by atoms with Gasteiger partial charge in [0, 0.05) is 17.8 Å². The van der Waals surface area contributed by atoms with Crippen LogP contribution in [-0.2, 0) is 6.54 Å². The van der Waals surface area contributed by atoms with Crippen LogP contribution in [0.2, 0.25) is 0 Å². The van der Waals surface area contributed by atoms with E-state index in [4.69, 9.17) is 4.42 Å². The number of oxazole rings is 1. The van der Waals surface area contributed by atoms with E-state index in [1.807, 2.05) is 78.9 Å². The number of fused-ring (bicyclic) bond motifs is 1. The van der Waals surface area contributed by atoms with Crippen molar-refractivity contribution in [3.8, 4) is 11.5 Å². The molecular weight excluding hydrogens is 326 g/mol. The van der Waals surface area contributed by atoms with Gasteiger partial charge in [-0.1, -0.05) is 48.5 Å². The predicted molar refractivity (Wildman–Crippen MR) is 102 cm³/mol. The molecule has 0 aliphatic carbocycles. The Morgan fingerprint density at radius 3 is 2.58 bits per heavy atom. The van der Waals surface area contributed by atoms with Gasteiger partial charge >= 0.3 is 6.03 Å². The molecule has 2 N–H and O–H groups in total.